The fourth-order valence-electron chi connectivity index (χ4n) is 2.42. The molecular formula is C18H19F3N2O3. The number of nitro groups is 1. The van der Waals surface area contributed by atoms with Crippen molar-refractivity contribution < 1.29 is 22.8 Å². The van der Waals surface area contributed by atoms with E-state index in [0.29, 0.717) is 17.7 Å². The summed E-state index contributed by atoms with van der Waals surface area (Å²) in [5.74, 6) is 0.344. The Labute approximate surface area is 149 Å². The van der Waals surface area contributed by atoms with Gasteiger partial charge >= 0.3 is 6.18 Å². The van der Waals surface area contributed by atoms with Crippen molar-refractivity contribution in [3.05, 3.63) is 63.7 Å². The standard InChI is InChI=1S/C18H19F3N2O3/c1-22(2)10-4-5-13-11-15(23(24)25)8-9-17(13)26-16-7-3-6-14(12-16)18(19,20)21/h3,6-9,11-12H,4-5,10H2,1-2H3. The van der Waals surface area contributed by atoms with Gasteiger partial charge in [0.1, 0.15) is 11.5 Å². The van der Waals surface area contributed by atoms with Crippen LogP contribution in [0.15, 0.2) is 42.5 Å². The SMILES string of the molecule is CN(C)CCCc1cc([N+](=O)[O-])ccc1Oc1cccc(C(F)(F)F)c1. The van der Waals surface area contributed by atoms with Gasteiger partial charge in [-0.05, 0) is 57.7 Å². The molecule has 0 aliphatic carbocycles. The molecule has 8 heteroatoms. The average molecular weight is 368 g/mol. The lowest BCUT2D eigenvalue weighted by Crippen LogP contribution is -2.13. The number of hydrogen-bond donors (Lipinski definition) is 0. The van der Waals surface area contributed by atoms with Crippen LogP contribution in [-0.2, 0) is 12.6 Å². The first-order chi connectivity index (χ1) is 12.2. The van der Waals surface area contributed by atoms with Gasteiger partial charge in [0, 0.05) is 17.7 Å². The summed E-state index contributed by atoms with van der Waals surface area (Å²) in [4.78, 5) is 12.5. The molecule has 140 valence electrons. The molecule has 2 aromatic rings. The predicted octanol–water partition coefficient (Wildman–Crippen LogP) is 4.90. The van der Waals surface area contributed by atoms with Gasteiger partial charge in [-0.1, -0.05) is 6.07 Å². The average Bonchev–Trinajstić information content (AvgIpc) is 2.55. The van der Waals surface area contributed by atoms with E-state index in [4.69, 9.17) is 4.74 Å². The number of halogens is 3. The number of rotatable bonds is 7. The Hall–Kier alpha value is -2.61. The van der Waals surface area contributed by atoms with Crippen LogP contribution in [0.25, 0.3) is 0 Å². The van der Waals surface area contributed by atoms with E-state index in [-0.39, 0.29) is 11.4 Å². The third-order valence-corrected chi connectivity index (χ3v) is 3.70. The molecule has 0 fully saturated rings. The summed E-state index contributed by atoms with van der Waals surface area (Å²) in [5.41, 5.74) is -0.314. The number of nitrogens with zero attached hydrogens (tertiary/aromatic N) is 2. The van der Waals surface area contributed by atoms with Crippen LogP contribution < -0.4 is 4.74 Å². The Kier molecular flexibility index (Phi) is 6.20. The smallest absolute Gasteiger partial charge is 0.416 e. The van der Waals surface area contributed by atoms with Crippen LogP contribution in [0.2, 0.25) is 0 Å². The minimum absolute atomic E-state index is 0.0301. The zero-order chi connectivity index (χ0) is 19.3. The summed E-state index contributed by atoms with van der Waals surface area (Å²) in [7, 11) is 3.82. The summed E-state index contributed by atoms with van der Waals surface area (Å²) in [6, 6.07) is 8.64. The van der Waals surface area contributed by atoms with E-state index in [1.165, 1.54) is 30.3 Å². The molecule has 2 aromatic carbocycles. The maximum atomic E-state index is 12.8. The van der Waals surface area contributed by atoms with Gasteiger partial charge < -0.3 is 9.64 Å². The summed E-state index contributed by atoms with van der Waals surface area (Å²) in [5, 5.41) is 11.0. The van der Waals surface area contributed by atoms with Gasteiger partial charge in [-0.25, -0.2) is 0 Å². The van der Waals surface area contributed by atoms with E-state index in [1.54, 1.807) is 0 Å². The van der Waals surface area contributed by atoms with Crippen molar-refractivity contribution in [1.29, 1.82) is 0 Å². The number of alkyl halides is 3. The number of nitro benzene ring substituents is 1. The van der Waals surface area contributed by atoms with Crippen molar-refractivity contribution >= 4 is 5.69 Å². The number of non-ortho nitro benzene ring substituents is 1. The Bertz CT molecular complexity index is 777. The lowest BCUT2D eigenvalue weighted by atomic mass is 10.1. The minimum Gasteiger partial charge on any atom is -0.457 e. The van der Waals surface area contributed by atoms with Gasteiger partial charge in [0.2, 0.25) is 0 Å². The highest BCUT2D eigenvalue weighted by atomic mass is 19.4. The van der Waals surface area contributed by atoms with E-state index < -0.39 is 16.7 Å². The van der Waals surface area contributed by atoms with Crippen LogP contribution in [0, 0.1) is 10.1 Å². The highest BCUT2D eigenvalue weighted by Crippen LogP contribution is 2.34. The summed E-state index contributed by atoms with van der Waals surface area (Å²) >= 11 is 0. The molecule has 0 saturated heterocycles. The highest BCUT2D eigenvalue weighted by Gasteiger charge is 2.30. The maximum absolute atomic E-state index is 12.8. The lowest BCUT2D eigenvalue weighted by Gasteiger charge is -2.14. The molecule has 0 spiro atoms. The Morgan fingerprint density at radius 2 is 1.88 bits per heavy atom. The molecule has 2 rings (SSSR count). The molecule has 0 saturated carbocycles. The molecule has 0 unspecified atom stereocenters. The van der Waals surface area contributed by atoms with E-state index >= 15 is 0 Å². The van der Waals surface area contributed by atoms with Gasteiger partial charge in [0.15, 0.2) is 0 Å². The zero-order valence-electron chi connectivity index (χ0n) is 14.4. The maximum Gasteiger partial charge on any atom is 0.416 e. The second kappa shape index (κ2) is 8.18. The molecule has 0 atom stereocenters. The second-order valence-corrected chi connectivity index (χ2v) is 6.08. The van der Waals surface area contributed by atoms with Crippen LogP contribution in [0.1, 0.15) is 17.5 Å². The second-order valence-electron chi connectivity index (χ2n) is 6.08. The topological polar surface area (TPSA) is 55.6 Å². The van der Waals surface area contributed by atoms with Crippen LogP contribution in [0.4, 0.5) is 18.9 Å². The first kappa shape index (κ1) is 19.7. The zero-order valence-corrected chi connectivity index (χ0v) is 14.4. The van der Waals surface area contributed by atoms with Gasteiger partial charge in [-0.15, -0.1) is 0 Å². The lowest BCUT2D eigenvalue weighted by molar-refractivity contribution is -0.384. The first-order valence-corrected chi connectivity index (χ1v) is 7.94. The van der Waals surface area contributed by atoms with Crippen LogP contribution >= 0.6 is 0 Å². The molecule has 0 radical (unpaired) electrons. The van der Waals surface area contributed by atoms with Crippen molar-refractivity contribution in [1.82, 2.24) is 4.90 Å². The third kappa shape index (κ3) is 5.45. The summed E-state index contributed by atoms with van der Waals surface area (Å²) < 4.78 is 44.1. The van der Waals surface area contributed by atoms with Crippen molar-refractivity contribution in [3.8, 4) is 11.5 Å². The van der Waals surface area contributed by atoms with E-state index in [9.17, 15) is 23.3 Å². The van der Waals surface area contributed by atoms with Gasteiger partial charge in [0.05, 0.1) is 10.5 Å². The molecule has 0 amide bonds. The Morgan fingerprint density at radius 3 is 2.50 bits per heavy atom. The number of aryl methyl sites for hydroxylation is 1. The number of ether oxygens (including phenoxy) is 1. The molecule has 26 heavy (non-hydrogen) atoms. The van der Waals surface area contributed by atoms with Crippen molar-refractivity contribution in [2.75, 3.05) is 20.6 Å². The molecule has 0 heterocycles. The molecule has 5 nitrogen and oxygen atoms in total. The van der Waals surface area contributed by atoms with E-state index in [1.807, 2.05) is 19.0 Å². The molecule has 0 bridgehead atoms. The summed E-state index contributed by atoms with van der Waals surface area (Å²) in [6.07, 6.45) is -3.23. The van der Waals surface area contributed by atoms with Crippen molar-refractivity contribution in [2.45, 2.75) is 19.0 Å². The van der Waals surface area contributed by atoms with E-state index in [2.05, 4.69) is 0 Å². The van der Waals surface area contributed by atoms with Crippen LogP contribution in [-0.4, -0.2) is 30.5 Å². The summed E-state index contributed by atoms with van der Waals surface area (Å²) in [6.45, 7) is 0.770. The van der Waals surface area contributed by atoms with Crippen LogP contribution in [0.5, 0.6) is 11.5 Å². The molecule has 0 aromatic heterocycles. The first-order valence-electron chi connectivity index (χ1n) is 7.94. The molecule has 0 aliphatic rings. The monoisotopic (exact) mass is 368 g/mol. The Balaban J connectivity index is 2.28. The van der Waals surface area contributed by atoms with Crippen molar-refractivity contribution in [3.63, 3.8) is 0 Å². The molecule has 0 aliphatic heterocycles. The largest absolute Gasteiger partial charge is 0.457 e. The third-order valence-electron chi connectivity index (χ3n) is 3.70. The molecule has 0 N–H and O–H groups in total. The van der Waals surface area contributed by atoms with Gasteiger partial charge in [-0.3, -0.25) is 10.1 Å². The quantitative estimate of drug-likeness (QED) is 0.515. The Morgan fingerprint density at radius 1 is 1.15 bits per heavy atom. The van der Waals surface area contributed by atoms with Gasteiger partial charge in [-0.2, -0.15) is 13.2 Å². The number of hydrogen-bond acceptors (Lipinski definition) is 4. The number of benzene rings is 2. The molecular weight excluding hydrogens is 349 g/mol. The fraction of sp³-hybridized carbons (Fsp3) is 0.333. The highest BCUT2D eigenvalue weighted by molar-refractivity contribution is 5.46. The van der Waals surface area contributed by atoms with E-state index in [0.717, 1.165) is 25.1 Å². The van der Waals surface area contributed by atoms with Crippen LogP contribution in [0.3, 0.4) is 0 Å². The minimum atomic E-state index is -4.47. The fourth-order valence-corrected chi connectivity index (χ4v) is 2.42. The van der Waals surface area contributed by atoms with Gasteiger partial charge in [0.25, 0.3) is 5.69 Å². The van der Waals surface area contributed by atoms with Crippen molar-refractivity contribution in [2.24, 2.45) is 0 Å². The predicted molar refractivity (Wildman–Crippen MR) is 91.5 cm³/mol. The normalized spacial score (nSPS) is 11.6.